The molecule has 5 nitrogen and oxygen atoms in total. The van der Waals surface area contributed by atoms with Crippen molar-refractivity contribution in [2.24, 2.45) is 0 Å². The number of carboxylic acids is 1. The van der Waals surface area contributed by atoms with Crippen LogP contribution in [0.25, 0.3) is 0 Å². The molecular weight excluding hydrogens is 234 g/mol. The van der Waals surface area contributed by atoms with E-state index >= 15 is 0 Å². The number of aliphatic carboxylic acids is 1. The molecule has 2 amide bonds. The van der Waals surface area contributed by atoms with Crippen molar-refractivity contribution < 1.29 is 19.5 Å². The lowest BCUT2D eigenvalue weighted by atomic mass is 10.1. The van der Waals surface area contributed by atoms with E-state index in [0.29, 0.717) is 11.1 Å². The number of rotatable bonds is 3. The average molecular weight is 245 g/mol. The van der Waals surface area contributed by atoms with Crippen molar-refractivity contribution in [3.63, 3.8) is 0 Å². The molecule has 18 heavy (non-hydrogen) atoms. The number of imide groups is 1. The molecule has 1 aromatic rings. The molecule has 0 bridgehead atoms. The summed E-state index contributed by atoms with van der Waals surface area (Å²) in [6.07, 6.45) is 2.23. The fourth-order valence-corrected chi connectivity index (χ4v) is 1.89. The lowest BCUT2D eigenvalue weighted by molar-refractivity contribution is -0.131. The van der Waals surface area contributed by atoms with Crippen LogP contribution in [0.15, 0.2) is 36.4 Å². The first kappa shape index (κ1) is 12.0. The van der Waals surface area contributed by atoms with E-state index in [4.69, 9.17) is 5.11 Å². The monoisotopic (exact) mass is 245 g/mol. The largest absolute Gasteiger partial charge is 0.478 e. The van der Waals surface area contributed by atoms with Crippen LogP contribution in [0.2, 0.25) is 0 Å². The molecule has 0 unspecified atom stereocenters. The smallest absolute Gasteiger partial charge is 0.328 e. The summed E-state index contributed by atoms with van der Waals surface area (Å²) in [6.45, 7) is 1.60. The van der Waals surface area contributed by atoms with Gasteiger partial charge in [0, 0.05) is 6.08 Å². The summed E-state index contributed by atoms with van der Waals surface area (Å²) in [5, 5.41) is 8.54. The first-order chi connectivity index (χ1) is 8.52. The second kappa shape index (κ2) is 4.44. The molecule has 1 aliphatic heterocycles. The minimum Gasteiger partial charge on any atom is -0.478 e. The van der Waals surface area contributed by atoms with Gasteiger partial charge in [-0.3, -0.25) is 14.5 Å². The van der Waals surface area contributed by atoms with Gasteiger partial charge in [-0.25, -0.2) is 4.79 Å². The molecule has 0 fully saturated rings. The van der Waals surface area contributed by atoms with E-state index in [1.807, 2.05) is 0 Å². The Hall–Kier alpha value is -2.43. The summed E-state index contributed by atoms with van der Waals surface area (Å²) in [5.74, 6) is -1.89. The van der Waals surface area contributed by atoms with Gasteiger partial charge in [0.2, 0.25) is 0 Å². The molecule has 2 rings (SSSR count). The topological polar surface area (TPSA) is 74.7 Å². The standard InChI is InChI=1S/C13H11NO4/c1-8(6-7-11(15)16)14-12(17)9-4-2-3-5-10(9)13(14)18/h2-8H,1H3,(H,15,16)/b7-6+/t8-/m1/s1. The van der Waals surface area contributed by atoms with Crippen molar-refractivity contribution in [2.75, 3.05) is 0 Å². The molecule has 0 aliphatic carbocycles. The number of hydrogen-bond donors (Lipinski definition) is 1. The highest BCUT2D eigenvalue weighted by atomic mass is 16.4. The van der Waals surface area contributed by atoms with Crippen LogP contribution in [-0.4, -0.2) is 33.8 Å². The van der Waals surface area contributed by atoms with E-state index in [2.05, 4.69) is 0 Å². The molecule has 0 aromatic heterocycles. The summed E-state index contributed by atoms with van der Waals surface area (Å²) in [4.78, 5) is 35.5. The summed E-state index contributed by atoms with van der Waals surface area (Å²) in [7, 11) is 0. The van der Waals surface area contributed by atoms with E-state index in [1.54, 1.807) is 31.2 Å². The van der Waals surface area contributed by atoms with Crippen LogP contribution in [-0.2, 0) is 4.79 Å². The maximum atomic E-state index is 12.0. The highest BCUT2D eigenvalue weighted by Crippen LogP contribution is 2.24. The highest BCUT2D eigenvalue weighted by molar-refractivity contribution is 6.21. The number of hydrogen-bond acceptors (Lipinski definition) is 3. The molecule has 5 heteroatoms. The quantitative estimate of drug-likeness (QED) is 0.643. The molecule has 1 heterocycles. The first-order valence-corrected chi connectivity index (χ1v) is 5.40. The molecule has 92 valence electrons. The van der Waals surface area contributed by atoms with E-state index in [1.165, 1.54) is 6.08 Å². The molecule has 1 aromatic carbocycles. The number of fused-ring (bicyclic) bond motifs is 1. The summed E-state index contributed by atoms with van der Waals surface area (Å²) in [6, 6.07) is 5.96. The number of nitrogens with zero attached hydrogens (tertiary/aromatic N) is 1. The lowest BCUT2D eigenvalue weighted by Gasteiger charge is -2.18. The third-order valence-corrected chi connectivity index (χ3v) is 2.75. The Labute approximate surface area is 103 Å². The first-order valence-electron chi connectivity index (χ1n) is 5.40. The van der Waals surface area contributed by atoms with E-state index < -0.39 is 23.8 Å². The van der Waals surface area contributed by atoms with Crippen molar-refractivity contribution >= 4 is 17.8 Å². The maximum absolute atomic E-state index is 12.0. The van der Waals surface area contributed by atoms with Gasteiger partial charge in [0.1, 0.15) is 0 Å². The third-order valence-electron chi connectivity index (χ3n) is 2.75. The molecule has 0 saturated carbocycles. The number of benzene rings is 1. The zero-order valence-corrected chi connectivity index (χ0v) is 9.66. The Balaban J connectivity index is 2.31. The minimum atomic E-state index is -1.11. The molecular formula is C13H11NO4. The van der Waals surface area contributed by atoms with Gasteiger partial charge >= 0.3 is 5.97 Å². The second-order valence-corrected chi connectivity index (χ2v) is 3.96. The SMILES string of the molecule is C[C@H](/C=C/C(=O)O)N1C(=O)c2ccccc2C1=O. The second-order valence-electron chi connectivity index (χ2n) is 3.96. The third kappa shape index (κ3) is 1.90. The summed E-state index contributed by atoms with van der Waals surface area (Å²) < 4.78 is 0. The van der Waals surface area contributed by atoms with Crippen LogP contribution in [0.4, 0.5) is 0 Å². The van der Waals surface area contributed by atoms with Crippen LogP contribution in [0.1, 0.15) is 27.6 Å². The van der Waals surface area contributed by atoms with E-state index in [-0.39, 0.29) is 0 Å². The average Bonchev–Trinajstić information content (AvgIpc) is 2.60. The normalized spacial score (nSPS) is 16.2. The minimum absolute atomic E-state index is 0.359. The van der Waals surface area contributed by atoms with Crippen molar-refractivity contribution in [1.82, 2.24) is 4.90 Å². The van der Waals surface area contributed by atoms with Gasteiger partial charge in [-0.2, -0.15) is 0 Å². The molecule has 1 aliphatic rings. The lowest BCUT2D eigenvalue weighted by Crippen LogP contribution is -2.36. The fraction of sp³-hybridized carbons (Fsp3) is 0.154. The Morgan fingerprint density at radius 3 is 2.17 bits per heavy atom. The molecule has 0 radical (unpaired) electrons. The van der Waals surface area contributed by atoms with Gasteiger partial charge in [-0.15, -0.1) is 0 Å². The van der Waals surface area contributed by atoms with Gasteiger partial charge in [0.15, 0.2) is 0 Å². The summed E-state index contributed by atoms with van der Waals surface area (Å²) >= 11 is 0. The van der Waals surface area contributed by atoms with Crippen molar-refractivity contribution in [1.29, 1.82) is 0 Å². The zero-order valence-electron chi connectivity index (χ0n) is 9.66. The summed E-state index contributed by atoms with van der Waals surface area (Å²) in [5.41, 5.74) is 0.719. The van der Waals surface area contributed by atoms with Gasteiger partial charge in [-0.05, 0) is 19.1 Å². The Morgan fingerprint density at radius 1 is 1.22 bits per heavy atom. The molecule has 0 saturated heterocycles. The van der Waals surface area contributed by atoms with Crippen LogP contribution < -0.4 is 0 Å². The maximum Gasteiger partial charge on any atom is 0.328 e. The van der Waals surface area contributed by atoms with Gasteiger partial charge in [0.25, 0.3) is 11.8 Å². The zero-order chi connectivity index (χ0) is 13.3. The van der Waals surface area contributed by atoms with Gasteiger partial charge in [0.05, 0.1) is 17.2 Å². The van der Waals surface area contributed by atoms with Crippen molar-refractivity contribution in [3.05, 3.63) is 47.5 Å². The predicted molar refractivity (Wildman–Crippen MR) is 63.2 cm³/mol. The molecule has 1 N–H and O–H groups in total. The van der Waals surface area contributed by atoms with Crippen LogP contribution in [0.5, 0.6) is 0 Å². The van der Waals surface area contributed by atoms with E-state index in [9.17, 15) is 14.4 Å². The Bertz CT molecular complexity index is 527. The molecule has 1 atom stereocenters. The van der Waals surface area contributed by atoms with Crippen LogP contribution in [0, 0.1) is 0 Å². The predicted octanol–water partition coefficient (Wildman–Crippen LogP) is 1.31. The van der Waals surface area contributed by atoms with Crippen LogP contribution >= 0.6 is 0 Å². The van der Waals surface area contributed by atoms with Gasteiger partial charge < -0.3 is 5.11 Å². The Morgan fingerprint density at radius 2 is 1.72 bits per heavy atom. The Kier molecular flexibility index (Phi) is 2.97. The number of carboxylic acid groups (broad SMARTS) is 1. The number of carbonyl (C=O) groups is 3. The number of carbonyl (C=O) groups excluding carboxylic acids is 2. The highest BCUT2D eigenvalue weighted by Gasteiger charge is 2.37. The van der Waals surface area contributed by atoms with E-state index in [0.717, 1.165) is 11.0 Å². The van der Waals surface area contributed by atoms with Crippen molar-refractivity contribution in [2.45, 2.75) is 13.0 Å². The molecule has 0 spiro atoms. The van der Waals surface area contributed by atoms with Crippen LogP contribution in [0.3, 0.4) is 0 Å². The number of amides is 2. The fourth-order valence-electron chi connectivity index (χ4n) is 1.89. The van der Waals surface area contributed by atoms with Crippen molar-refractivity contribution in [3.8, 4) is 0 Å². The van der Waals surface area contributed by atoms with Gasteiger partial charge in [-0.1, -0.05) is 18.2 Å².